The maximum atomic E-state index is 11.9. The van der Waals surface area contributed by atoms with Crippen molar-refractivity contribution < 1.29 is 18.8 Å². The lowest BCUT2D eigenvalue weighted by molar-refractivity contribution is -0.136. The van der Waals surface area contributed by atoms with Crippen molar-refractivity contribution in [3.8, 4) is 17.1 Å². The molecule has 0 amide bonds. The van der Waals surface area contributed by atoms with Crippen LogP contribution in [0, 0.1) is 5.41 Å². The molecule has 24 heavy (non-hydrogen) atoms. The molecule has 0 aliphatic carbocycles. The first-order valence-corrected chi connectivity index (χ1v) is 8.17. The molecule has 0 bridgehead atoms. The van der Waals surface area contributed by atoms with Crippen molar-refractivity contribution in [2.75, 3.05) is 6.61 Å². The Kier molecular flexibility index (Phi) is 4.66. The van der Waals surface area contributed by atoms with E-state index < -0.39 is 0 Å². The summed E-state index contributed by atoms with van der Waals surface area (Å²) in [5.41, 5.74) is 0.707. The average molecular weight is 330 g/mol. The van der Waals surface area contributed by atoms with Crippen molar-refractivity contribution in [2.24, 2.45) is 5.41 Å². The van der Waals surface area contributed by atoms with E-state index in [9.17, 15) is 4.79 Å². The summed E-state index contributed by atoms with van der Waals surface area (Å²) in [4.78, 5) is 16.2. The fourth-order valence-corrected chi connectivity index (χ4v) is 2.53. The maximum absolute atomic E-state index is 11.9. The highest BCUT2D eigenvalue weighted by Gasteiger charge is 2.24. The molecule has 0 radical (unpaired) electrons. The fourth-order valence-electron chi connectivity index (χ4n) is 2.53. The first-order valence-electron chi connectivity index (χ1n) is 8.17. The van der Waals surface area contributed by atoms with Gasteiger partial charge in [-0.3, -0.25) is 4.79 Å². The van der Waals surface area contributed by atoms with E-state index in [0.29, 0.717) is 23.9 Å². The number of hydrogen-bond acceptors (Lipinski definition) is 6. The van der Waals surface area contributed by atoms with Gasteiger partial charge >= 0.3 is 5.97 Å². The van der Waals surface area contributed by atoms with Crippen LogP contribution in [0.25, 0.3) is 11.4 Å². The van der Waals surface area contributed by atoms with E-state index in [1.54, 1.807) is 12.1 Å². The molecule has 2 heterocycles. The van der Waals surface area contributed by atoms with Gasteiger partial charge in [-0.1, -0.05) is 25.9 Å². The lowest BCUT2D eigenvalue weighted by atomic mass is 9.92. The SMILES string of the molecule is CC(C)(C)CC(=O)Oc1ccc(-c2noc([C@@H]3CCCO3)n2)cc1. The highest BCUT2D eigenvalue weighted by atomic mass is 16.5. The van der Waals surface area contributed by atoms with Gasteiger partial charge in [0.25, 0.3) is 5.89 Å². The Morgan fingerprint density at radius 3 is 2.67 bits per heavy atom. The third-order valence-electron chi connectivity index (χ3n) is 3.67. The molecule has 0 saturated carbocycles. The summed E-state index contributed by atoms with van der Waals surface area (Å²) in [6.07, 6.45) is 2.19. The van der Waals surface area contributed by atoms with Gasteiger partial charge in [-0.05, 0) is 42.5 Å². The van der Waals surface area contributed by atoms with Crippen LogP contribution in [0.2, 0.25) is 0 Å². The summed E-state index contributed by atoms with van der Waals surface area (Å²) in [6.45, 7) is 6.73. The average Bonchev–Trinajstić information content (AvgIpc) is 3.17. The monoisotopic (exact) mass is 330 g/mol. The van der Waals surface area contributed by atoms with Crippen LogP contribution in [0.15, 0.2) is 28.8 Å². The second kappa shape index (κ2) is 6.73. The number of aromatic nitrogens is 2. The molecule has 0 N–H and O–H groups in total. The predicted molar refractivity (Wildman–Crippen MR) is 87.4 cm³/mol. The van der Waals surface area contributed by atoms with Gasteiger partial charge in [0.1, 0.15) is 11.9 Å². The Morgan fingerprint density at radius 2 is 2.04 bits per heavy atom. The smallest absolute Gasteiger partial charge is 0.311 e. The molecule has 1 aliphatic rings. The molecule has 0 unspecified atom stereocenters. The standard InChI is InChI=1S/C18H22N2O4/c1-18(2,3)11-15(21)23-13-8-6-12(7-9-13)16-19-17(24-20-16)14-5-4-10-22-14/h6-9,14H,4-5,10-11H2,1-3H3/t14-/m0/s1. The molecular formula is C18H22N2O4. The van der Waals surface area contributed by atoms with E-state index >= 15 is 0 Å². The molecule has 3 rings (SSSR count). The quantitative estimate of drug-likeness (QED) is 0.624. The molecule has 1 fully saturated rings. The Bertz CT molecular complexity index is 695. The van der Waals surface area contributed by atoms with Gasteiger partial charge in [-0.25, -0.2) is 0 Å². The topological polar surface area (TPSA) is 74.5 Å². The summed E-state index contributed by atoms with van der Waals surface area (Å²) >= 11 is 0. The number of ether oxygens (including phenoxy) is 2. The largest absolute Gasteiger partial charge is 0.427 e. The van der Waals surface area contributed by atoms with Crippen molar-refractivity contribution in [3.63, 3.8) is 0 Å². The summed E-state index contributed by atoms with van der Waals surface area (Å²) in [7, 11) is 0. The molecule has 6 heteroatoms. The van der Waals surface area contributed by atoms with Crippen molar-refractivity contribution in [3.05, 3.63) is 30.2 Å². The lowest BCUT2D eigenvalue weighted by Gasteiger charge is -2.16. The normalized spacial score (nSPS) is 17.9. The molecule has 2 aromatic rings. The van der Waals surface area contributed by atoms with Gasteiger partial charge in [0.15, 0.2) is 0 Å². The van der Waals surface area contributed by atoms with Crippen LogP contribution < -0.4 is 4.74 Å². The number of esters is 1. The summed E-state index contributed by atoms with van der Waals surface area (Å²) < 4.78 is 16.2. The van der Waals surface area contributed by atoms with Gasteiger partial charge < -0.3 is 14.0 Å². The van der Waals surface area contributed by atoms with Crippen LogP contribution in [0.5, 0.6) is 5.75 Å². The summed E-state index contributed by atoms with van der Waals surface area (Å²) in [6, 6.07) is 7.09. The van der Waals surface area contributed by atoms with Crippen LogP contribution >= 0.6 is 0 Å². The van der Waals surface area contributed by atoms with Crippen LogP contribution in [-0.4, -0.2) is 22.7 Å². The number of carbonyl (C=O) groups is 1. The highest BCUT2D eigenvalue weighted by Crippen LogP contribution is 2.29. The zero-order valence-corrected chi connectivity index (χ0v) is 14.2. The minimum Gasteiger partial charge on any atom is -0.427 e. The van der Waals surface area contributed by atoms with Gasteiger partial charge in [0, 0.05) is 12.2 Å². The molecule has 1 aliphatic heterocycles. The molecule has 128 valence electrons. The maximum Gasteiger partial charge on any atom is 0.311 e. The molecule has 1 aromatic heterocycles. The minimum absolute atomic E-state index is 0.0936. The van der Waals surface area contributed by atoms with Gasteiger partial charge in [-0.2, -0.15) is 4.98 Å². The van der Waals surface area contributed by atoms with Gasteiger partial charge in [0.2, 0.25) is 5.82 Å². The molecule has 6 nitrogen and oxygen atoms in total. The molecule has 1 atom stereocenters. The Balaban J connectivity index is 1.65. The number of benzene rings is 1. The highest BCUT2D eigenvalue weighted by molar-refractivity contribution is 5.73. The van der Waals surface area contributed by atoms with Crippen molar-refractivity contribution in [2.45, 2.75) is 46.1 Å². The fraction of sp³-hybridized carbons (Fsp3) is 0.500. The second-order valence-corrected chi connectivity index (χ2v) is 7.19. The number of nitrogens with zero attached hydrogens (tertiary/aromatic N) is 2. The molecule has 1 saturated heterocycles. The lowest BCUT2D eigenvalue weighted by Crippen LogP contribution is -2.17. The van der Waals surface area contributed by atoms with Crippen LogP contribution in [-0.2, 0) is 9.53 Å². The minimum atomic E-state index is -0.240. The molecule has 1 aromatic carbocycles. The van der Waals surface area contributed by atoms with Crippen molar-refractivity contribution >= 4 is 5.97 Å². The number of rotatable bonds is 4. The van der Waals surface area contributed by atoms with Gasteiger partial charge in [0.05, 0.1) is 6.42 Å². The van der Waals surface area contributed by atoms with E-state index in [1.807, 2.05) is 32.9 Å². The molecule has 0 spiro atoms. The van der Waals surface area contributed by atoms with Crippen LogP contribution in [0.3, 0.4) is 0 Å². The van der Waals surface area contributed by atoms with E-state index in [-0.39, 0.29) is 17.5 Å². The number of carbonyl (C=O) groups excluding carboxylic acids is 1. The second-order valence-electron chi connectivity index (χ2n) is 7.19. The van der Waals surface area contributed by atoms with Crippen molar-refractivity contribution in [1.29, 1.82) is 0 Å². The van der Waals surface area contributed by atoms with Gasteiger partial charge in [-0.15, -0.1) is 0 Å². The Hall–Kier alpha value is -2.21. The first-order chi connectivity index (χ1) is 11.4. The van der Waals surface area contributed by atoms with Crippen LogP contribution in [0.1, 0.15) is 52.0 Å². The van der Waals surface area contributed by atoms with E-state index in [0.717, 1.165) is 25.0 Å². The van der Waals surface area contributed by atoms with Crippen LogP contribution in [0.4, 0.5) is 0 Å². The van der Waals surface area contributed by atoms with E-state index in [4.69, 9.17) is 14.0 Å². The van der Waals surface area contributed by atoms with Crippen molar-refractivity contribution in [1.82, 2.24) is 10.1 Å². The summed E-state index contributed by atoms with van der Waals surface area (Å²) in [5.74, 6) is 1.29. The Morgan fingerprint density at radius 1 is 1.29 bits per heavy atom. The predicted octanol–water partition coefficient (Wildman–Crippen LogP) is 3.93. The third kappa shape index (κ3) is 4.20. The zero-order chi connectivity index (χ0) is 17.2. The van der Waals surface area contributed by atoms with E-state index in [2.05, 4.69) is 10.1 Å². The molecular weight excluding hydrogens is 308 g/mol. The first kappa shape index (κ1) is 16.6. The van der Waals surface area contributed by atoms with E-state index in [1.165, 1.54) is 0 Å². The zero-order valence-electron chi connectivity index (χ0n) is 14.2. The Labute approximate surface area is 141 Å². The number of hydrogen-bond donors (Lipinski definition) is 0. The third-order valence-corrected chi connectivity index (χ3v) is 3.67. The summed E-state index contributed by atoms with van der Waals surface area (Å²) in [5, 5.41) is 4.00.